The number of imidazole rings is 1. The van der Waals surface area contributed by atoms with Gasteiger partial charge in [0, 0.05) is 18.8 Å². The Bertz CT molecular complexity index is 828. The maximum atomic E-state index is 13.1. The van der Waals surface area contributed by atoms with E-state index >= 15 is 0 Å². The van der Waals surface area contributed by atoms with E-state index in [-0.39, 0.29) is 5.82 Å². The van der Waals surface area contributed by atoms with E-state index in [0.29, 0.717) is 17.0 Å². The molecule has 0 saturated carbocycles. The summed E-state index contributed by atoms with van der Waals surface area (Å²) in [6.45, 7) is 0. The number of nitriles is 1. The van der Waals surface area contributed by atoms with Crippen LogP contribution in [-0.4, -0.2) is 14.5 Å². The molecule has 0 fully saturated rings. The van der Waals surface area contributed by atoms with Gasteiger partial charge < -0.3 is 4.57 Å². The van der Waals surface area contributed by atoms with Crippen LogP contribution in [0.3, 0.4) is 0 Å². The molecule has 0 saturated heterocycles. The first-order valence-electron chi connectivity index (χ1n) is 6.33. The number of benzene rings is 1. The normalized spacial score (nSPS) is 10.3. The highest BCUT2D eigenvalue weighted by Crippen LogP contribution is 2.29. The molecule has 0 spiro atoms. The summed E-state index contributed by atoms with van der Waals surface area (Å²) in [5, 5.41) is 8.99. The second-order valence-corrected chi connectivity index (χ2v) is 4.60. The maximum absolute atomic E-state index is 13.1. The van der Waals surface area contributed by atoms with E-state index in [1.165, 1.54) is 12.1 Å². The van der Waals surface area contributed by atoms with Crippen LogP contribution in [0.2, 0.25) is 0 Å². The molecule has 21 heavy (non-hydrogen) atoms. The summed E-state index contributed by atoms with van der Waals surface area (Å²) in [6.07, 6.45) is 3.26. The summed E-state index contributed by atoms with van der Waals surface area (Å²) in [4.78, 5) is 8.63. The van der Waals surface area contributed by atoms with Gasteiger partial charge >= 0.3 is 0 Å². The molecular formula is C16H11FN4. The molecule has 0 aliphatic rings. The molecule has 3 rings (SSSR count). The summed E-state index contributed by atoms with van der Waals surface area (Å²) >= 11 is 0. The lowest BCUT2D eigenvalue weighted by Gasteiger charge is -2.06. The van der Waals surface area contributed by atoms with Crippen molar-refractivity contribution in [1.29, 1.82) is 5.26 Å². The van der Waals surface area contributed by atoms with Gasteiger partial charge in [-0.15, -0.1) is 0 Å². The van der Waals surface area contributed by atoms with Gasteiger partial charge in [0.15, 0.2) is 0 Å². The van der Waals surface area contributed by atoms with E-state index in [9.17, 15) is 4.39 Å². The summed E-state index contributed by atoms with van der Waals surface area (Å²) in [7, 11) is 1.86. The zero-order chi connectivity index (χ0) is 14.8. The predicted molar refractivity (Wildman–Crippen MR) is 76.5 cm³/mol. The highest BCUT2D eigenvalue weighted by atomic mass is 19.1. The smallest absolute Gasteiger partial charge is 0.123 e. The molecule has 2 heterocycles. The van der Waals surface area contributed by atoms with Gasteiger partial charge in [0.25, 0.3) is 0 Å². The highest BCUT2D eigenvalue weighted by molar-refractivity contribution is 5.77. The number of rotatable bonds is 2. The average Bonchev–Trinajstić information content (AvgIpc) is 2.90. The predicted octanol–water partition coefficient (Wildman–Crippen LogP) is 3.16. The fraction of sp³-hybridized carbons (Fsp3) is 0.0625. The Morgan fingerprint density at radius 3 is 2.62 bits per heavy atom. The van der Waals surface area contributed by atoms with Crippen molar-refractivity contribution >= 4 is 0 Å². The Morgan fingerprint density at radius 1 is 1.14 bits per heavy atom. The van der Waals surface area contributed by atoms with Crippen molar-refractivity contribution in [2.45, 2.75) is 0 Å². The second kappa shape index (κ2) is 5.17. The molecule has 0 N–H and O–H groups in total. The number of halogens is 1. The molecule has 4 nitrogen and oxygen atoms in total. The van der Waals surface area contributed by atoms with Crippen LogP contribution in [0.1, 0.15) is 5.56 Å². The number of nitrogens with zero attached hydrogens (tertiary/aromatic N) is 4. The van der Waals surface area contributed by atoms with Crippen LogP contribution in [0.4, 0.5) is 4.39 Å². The number of hydrogen-bond donors (Lipinski definition) is 0. The Kier molecular flexibility index (Phi) is 3.20. The van der Waals surface area contributed by atoms with Crippen molar-refractivity contribution in [3.8, 4) is 28.7 Å². The van der Waals surface area contributed by atoms with Crippen LogP contribution in [0.5, 0.6) is 0 Å². The molecule has 2 aromatic heterocycles. The van der Waals surface area contributed by atoms with Gasteiger partial charge in [-0.3, -0.25) is 4.98 Å². The molecule has 1 aromatic carbocycles. The Morgan fingerprint density at radius 2 is 1.90 bits per heavy atom. The van der Waals surface area contributed by atoms with Gasteiger partial charge in [-0.25, -0.2) is 9.37 Å². The van der Waals surface area contributed by atoms with E-state index in [1.54, 1.807) is 36.8 Å². The minimum atomic E-state index is -0.285. The molecule has 0 unspecified atom stereocenters. The molecule has 0 bridgehead atoms. The molecule has 0 amide bonds. The van der Waals surface area contributed by atoms with Crippen LogP contribution < -0.4 is 0 Å². The van der Waals surface area contributed by atoms with Gasteiger partial charge in [-0.1, -0.05) is 0 Å². The Balaban J connectivity index is 2.17. The summed E-state index contributed by atoms with van der Waals surface area (Å²) < 4.78 is 14.9. The number of aryl methyl sites for hydroxylation is 1. The molecule has 0 atom stereocenters. The fourth-order valence-corrected chi connectivity index (χ4v) is 2.20. The van der Waals surface area contributed by atoms with E-state index < -0.39 is 0 Å². The van der Waals surface area contributed by atoms with Crippen LogP contribution in [0.25, 0.3) is 22.6 Å². The topological polar surface area (TPSA) is 54.5 Å². The first kappa shape index (κ1) is 13.0. The third-order valence-corrected chi connectivity index (χ3v) is 3.19. The number of pyridine rings is 1. The SMILES string of the molecule is Cn1cnc(-c2cc(C#N)ccn2)c1-c1ccc(F)cc1. The van der Waals surface area contributed by atoms with Crippen molar-refractivity contribution in [2.75, 3.05) is 0 Å². The fourth-order valence-electron chi connectivity index (χ4n) is 2.20. The largest absolute Gasteiger partial charge is 0.333 e. The van der Waals surface area contributed by atoms with Crippen LogP contribution in [0.15, 0.2) is 48.9 Å². The maximum Gasteiger partial charge on any atom is 0.123 e. The average molecular weight is 278 g/mol. The Labute approximate surface area is 121 Å². The molecule has 0 radical (unpaired) electrons. The van der Waals surface area contributed by atoms with Crippen LogP contribution in [-0.2, 0) is 7.05 Å². The van der Waals surface area contributed by atoms with Gasteiger partial charge in [0.2, 0.25) is 0 Å². The molecule has 5 heteroatoms. The van der Waals surface area contributed by atoms with Crippen molar-refractivity contribution < 1.29 is 4.39 Å². The number of aromatic nitrogens is 3. The molecular weight excluding hydrogens is 267 g/mol. The quantitative estimate of drug-likeness (QED) is 0.723. The van der Waals surface area contributed by atoms with E-state index in [4.69, 9.17) is 5.26 Å². The lowest BCUT2D eigenvalue weighted by Crippen LogP contribution is -1.93. The zero-order valence-corrected chi connectivity index (χ0v) is 11.3. The van der Waals surface area contributed by atoms with Crippen molar-refractivity contribution in [3.63, 3.8) is 0 Å². The summed E-state index contributed by atoms with van der Waals surface area (Å²) in [5.41, 5.74) is 3.49. The highest BCUT2D eigenvalue weighted by Gasteiger charge is 2.14. The van der Waals surface area contributed by atoms with Crippen molar-refractivity contribution in [2.24, 2.45) is 7.05 Å². The van der Waals surface area contributed by atoms with Crippen molar-refractivity contribution in [3.05, 3.63) is 60.3 Å². The third kappa shape index (κ3) is 2.39. The summed E-state index contributed by atoms with van der Waals surface area (Å²) in [5.74, 6) is -0.285. The minimum absolute atomic E-state index is 0.285. The van der Waals surface area contributed by atoms with Gasteiger partial charge in [0.1, 0.15) is 11.5 Å². The molecule has 0 aliphatic heterocycles. The zero-order valence-electron chi connectivity index (χ0n) is 11.3. The second-order valence-electron chi connectivity index (χ2n) is 4.60. The van der Waals surface area contributed by atoms with E-state index in [2.05, 4.69) is 16.0 Å². The van der Waals surface area contributed by atoms with E-state index in [1.807, 2.05) is 11.6 Å². The molecule has 3 aromatic rings. The molecule has 102 valence electrons. The van der Waals surface area contributed by atoms with Gasteiger partial charge in [0.05, 0.1) is 29.3 Å². The lowest BCUT2D eigenvalue weighted by molar-refractivity contribution is 0.628. The first-order chi connectivity index (χ1) is 10.2. The standard InChI is InChI=1S/C16H11FN4/c1-21-10-20-15(14-8-11(9-18)6-7-19-14)16(21)12-2-4-13(17)5-3-12/h2-8,10H,1H3. The van der Waals surface area contributed by atoms with Crippen LogP contribution in [0, 0.1) is 17.1 Å². The monoisotopic (exact) mass is 278 g/mol. The minimum Gasteiger partial charge on any atom is -0.333 e. The number of hydrogen-bond acceptors (Lipinski definition) is 3. The van der Waals surface area contributed by atoms with Gasteiger partial charge in [-0.2, -0.15) is 5.26 Å². The first-order valence-corrected chi connectivity index (χ1v) is 6.33. The third-order valence-electron chi connectivity index (χ3n) is 3.19. The van der Waals surface area contributed by atoms with Crippen LogP contribution >= 0.6 is 0 Å². The van der Waals surface area contributed by atoms with Gasteiger partial charge in [-0.05, 0) is 36.4 Å². The summed E-state index contributed by atoms with van der Waals surface area (Å²) in [6, 6.07) is 11.6. The van der Waals surface area contributed by atoms with E-state index in [0.717, 1.165) is 11.3 Å². The lowest BCUT2D eigenvalue weighted by atomic mass is 10.1. The van der Waals surface area contributed by atoms with Crippen molar-refractivity contribution in [1.82, 2.24) is 14.5 Å². The molecule has 0 aliphatic carbocycles. The Hall–Kier alpha value is -3.00.